The summed E-state index contributed by atoms with van der Waals surface area (Å²) in [7, 11) is 1.64. The molecule has 92 valence electrons. The average Bonchev–Trinajstić information content (AvgIpc) is 2.27. The van der Waals surface area contributed by atoms with E-state index in [9.17, 15) is 9.59 Å². The summed E-state index contributed by atoms with van der Waals surface area (Å²) in [5.41, 5.74) is 5.89. The predicted octanol–water partition coefficient (Wildman–Crippen LogP) is 0.264. The van der Waals surface area contributed by atoms with Gasteiger partial charge in [-0.25, -0.2) is 9.78 Å². The minimum absolute atomic E-state index is 0.000767. The number of carboxylic acid groups (broad SMARTS) is 1. The lowest BCUT2D eigenvalue weighted by molar-refractivity contribution is -0.116. The molecule has 0 atom stereocenters. The van der Waals surface area contributed by atoms with Crippen molar-refractivity contribution >= 4 is 17.7 Å². The van der Waals surface area contributed by atoms with Crippen LogP contribution in [0.15, 0.2) is 12.1 Å². The molecule has 0 aromatic carbocycles. The van der Waals surface area contributed by atoms with E-state index in [4.69, 9.17) is 10.8 Å². The zero-order chi connectivity index (χ0) is 13.0. The maximum Gasteiger partial charge on any atom is 0.335 e. The van der Waals surface area contributed by atoms with Crippen molar-refractivity contribution in [3.63, 3.8) is 0 Å². The third-order valence-corrected chi connectivity index (χ3v) is 2.26. The molecule has 6 heteroatoms. The normalized spacial score (nSPS) is 10.0. The SMILES string of the molecule is CCc1cc(C(=O)O)cc(N(C)CC(N)=O)n1. The van der Waals surface area contributed by atoms with Gasteiger partial charge < -0.3 is 15.7 Å². The molecule has 0 aliphatic rings. The summed E-state index contributed by atoms with van der Waals surface area (Å²) in [6.07, 6.45) is 0.624. The van der Waals surface area contributed by atoms with E-state index in [0.717, 1.165) is 0 Å². The van der Waals surface area contributed by atoms with Crippen molar-refractivity contribution in [3.8, 4) is 0 Å². The van der Waals surface area contributed by atoms with E-state index in [-0.39, 0.29) is 12.1 Å². The fraction of sp³-hybridized carbons (Fsp3) is 0.364. The number of nitrogens with zero attached hydrogens (tertiary/aromatic N) is 2. The van der Waals surface area contributed by atoms with Crippen LogP contribution in [0, 0.1) is 0 Å². The van der Waals surface area contributed by atoms with Crippen molar-refractivity contribution in [2.45, 2.75) is 13.3 Å². The van der Waals surface area contributed by atoms with E-state index < -0.39 is 11.9 Å². The fourth-order valence-electron chi connectivity index (χ4n) is 1.39. The number of amides is 1. The molecule has 0 fully saturated rings. The Hall–Kier alpha value is -2.11. The average molecular weight is 237 g/mol. The van der Waals surface area contributed by atoms with Crippen LogP contribution in [-0.2, 0) is 11.2 Å². The van der Waals surface area contributed by atoms with Crippen LogP contribution in [0.2, 0.25) is 0 Å². The van der Waals surface area contributed by atoms with Gasteiger partial charge in [-0.1, -0.05) is 6.92 Å². The Morgan fingerprint density at radius 2 is 2.12 bits per heavy atom. The number of pyridine rings is 1. The van der Waals surface area contributed by atoms with E-state index in [2.05, 4.69) is 4.98 Å². The quantitative estimate of drug-likeness (QED) is 0.765. The van der Waals surface area contributed by atoms with Gasteiger partial charge in [-0.15, -0.1) is 0 Å². The summed E-state index contributed by atoms with van der Waals surface area (Å²) >= 11 is 0. The second-order valence-electron chi connectivity index (χ2n) is 3.69. The Kier molecular flexibility index (Phi) is 4.03. The molecule has 1 heterocycles. The van der Waals surface area contributed by atoms with Gasteiger partial charge in [-0.2, -0.15) is 0 Å². The number of rotatable bonds is 5. The molecule has 3 N–H and O–H groups in total. The molecule has 1 amide bonds. The van der Waals surface area contributed by atoms with Crippen LogP contribution in [-0.4, -0.2) is 35.6 Å². The van der Waals surface area contributed by atoms with Crippen LogP contribution in [0.4, 0.5) is 5.82 Å². The number of likely N-dealkylation sites (N-methyl/N-ethyl adjacent to an activating group) is 1. The lowest BCUT2D eigenvalue weighted by Crippen LogP contribution is -2.31. The Morgan fingerprint density at radius 3 is 2.59 bits per heavy atom. The first-order valence-electron chi connectivity index (χ1n) is 5.17. The minimum Gasteiger partial charge on any atom is -0.478 e. The molecule has 0 unspecified atom stereocenters. The molecular formula is C11H15N3O3. The highest BCUT2D eigenvalue weighted by Gasteiger charge is 2.11. The number of nitrogens with two attached hydrogens (primary N) is 1. The second-order valence-corrected chi connectivity index (χ2v) is 3.69. The van der Waals surface area contributed by atoms with Crippen LogP contribution in [0.3, 0.4) is 0 Å². The molecule has 1 aromatic heterocycles. The second kappa shape index (κ2) is 5.29. The highest BCUT2D eigenvalue weighted by Crippen LogP contribution is 2.14. The maximum absolute atomic E-state index is 10.9. The van der Waals surface area contributed by atoms with Crippen molar-refractivity contribution in [2.24, 2.45) is 5.73 Å². The lowest BCUT2D eigenvalue weighted by Gasteiger charge is -2.17. The Labute approximate surface area is 99.1 Å². The van der Waals surface area contributed by atoms with Crippen molar-refractivity contribution in [1.29, 1.82) is 0 Å². The van der Waals surface area contributed by atoms with Gasteiger partial charge in [0.25, 0.3) is 0 Å². The number of aromatic carboxylic acids is 1. The van der Waals surface area contributed by atoms with Gasteiger partial charge in [0.05, 0.1) is 12.1 Å². The summed E-state index contributed by atoms with van der Waals surface area (Å²) in [5.74, 6) is -1.08. The molecule has 1 aromatic rings. The smallest absolute Gasteiger partial charge is 0.335 e. The number of anilines is 1. The Morgan fingerprint density at radius 1 is 1.47 bits per heavy atom. The molecule has 0 aliphatic carbocycles. The van der Waals surface area contributed by atoms with Gasteiger partial charge in [-0.05, 0) is 18.6 Å². The van der Waals surface area contributed by atoms with Crippen molar-refractivity contribution in [1.82, 2.24) is 4.98 Å². The van der Waals surface area contributed by atoms with E-state index in [1.165, 1.54) is 17.0 Å². The summed E-state index contributed by atoms with van der Waals surface area (Å²) in [6, 6.07) is 2.94. The first-order valence-corrected chi connectivity index (χ1v) is 5.17. The number of carbonyl (C=O) groups is 2. The number of carbonyl (C=O) groups excluding carboxylic acids is 1. The molecule has 0 aliphatic heterocycles. The van der Waals surface area contributed by atoms with Gasteiger partial charge >= 0.3 is 5.97 Å². The third-order valence-electron chi connectivity index (χ3n) is 2.26. The molecule has 0 bridgehead atoms. The van der Waals surface area contributed by atoms with Crippen LogP contribution in [0.5, 0.6) is 0 Å². The summed E-state index contributed by atoms with van der Waals surface area (Å²) in [5, 5.41) is 8.95. The highest BCUT2D eigenvalue weighted by molar-refractivity contribution is 5.89. The van der Waals surface area contributed by atoms with Crippen molar-refractivity contribution < 1.29 is 14.7 Å². The number of hydrogen-bond donors (Lipinski definition) is 2. The van der Waals surface area contributed by atoms with Crippen LogP contribution < -0.4 is 10.6 Å². The van der Waals surface area contributed by atoms with Gasteiger partial charge in [0.15, 0.2) is 0 Å². The van der Waals surface area contributed by atoms with Crippen LogP contribution in [0.1, 0.15) is 23.0 Å². The molecule has 1 rings (SSSR count). The standard InChI is InChI=1S/C11H15N3O3/c1-3-8-4-7(11(16)17)5-10(13-8)14(2)6-9(12)15/h4-5H,3,6H2,1-2H3,(H2,12,15)(H,16,17). The topological polar surface area (TPSA) is 96.5 Å². The van der Waals surface area contributed by atoms with Gasteiger partial charge in [0.1, 0.15) is 5.82 Å². The van der Waals surface area contributed by atoms with Crippen molar-refractivity contribution in [2.75, 3.05) is 18.5 Å². The first kappa shape index (κ1) is 13.0. The van der Waals surface area contributed by atoms with Crippen LogP contribution >= 0.6 is 0 Å². The summed E-state index contributed by atoms with van der Waals surface area (Å²) in [4.78, 5) is 27.5. The van der Waals surface area contributed by atoms with Crippen LogP contribution in [0.25, 0.3) is 0 Å². The largest absolute Gasteiger partial charge is 0.478 e. The summed E-state index contributed by atoms with van der Waals surface area (Å²) < 4.78 is 0. The van der Waals surface area contributed by atoms with Crippen molar-refractivity contribution in [3.05, 3.63) is 23.4 Å². The molecule has 0 saturated heterocycles. The maximum atomic E-state index is 10.9. The number of carboxylic acids is 1. The Bertz CT molecular complexity index is 446. The predicted molar refractivity (Wildman–Crippen MR) is 63.0 cm³/mol. The highest BCUT2D eigenvalue weighted by atomic mass is 16.4. The zero-order valence-electron chi connectivity index (χ0n) is 9.80. The fourth-order valence-corrected chi connectivity index (χ4v) is 1.39. The van der Waals surface area contributed by atoms with E-state index >= 15 is 0 Å². The minimum atomic E-state index is -1.02. The molecule has 0 radical (unpaired) electrons. The van der Waals surface area contributed by atoms with E-state index in [1.54, 1.807) is 7.05 Å². The first-order chi connectivity index (χ1) is 7.93. The number of hydrogen-bond acceptors (Lipinski definition) is 4. The van der Waals surface area contributed by atoms with Gasteiger partial charge in [0, 0.05) is 12.7 Å². The number of aryl methyl sites for hydroxylation is 1. The monoisotopic (exact) mass is 237 g/mol. The third kappa shape index (κ3) is 3.44. The molecule has 0 saturated carbocycles. The zero-order valence-corrected chi connectivity index (χ0v) is 9.80. The van der Waals surface area contributed by atoms with Gasteiger partial charge in [-0.3, -0.25) is 4.79 Å². The van der Waals surface area contributed by atoms with E-state index in [1.807, 2.05) is 6.92 Å². The van der Waals surface area contributed by atoms with E-state index in [0.29, 0.717) is 17.9 Å². The Balaban J connectivity index is 3.10. The number of aromatic nitrogens is 1. The molecule has 17 heavy (non-hydrogen) atoms. The van der Waals surface area contributed by atoms with Gasteiger partial charge in [0.2, 0.25) is 5.91 Å². The lowest BCUT2D eigenvalue weighted by atomic mass is 10.2. The molecule has 0 spiro atoms. The molecule has 6 nitrogen and oxygen atoms in total. The number of primary amides is 1. The summed E-state index contributed by atoms with van der Waals surface area (Å²) in [6.45, 7) is 1.88. The molecular weight excluding hydrogens is 222 g/mol.